The molecule has 0 radical (unpaired) electrons. The second kappa shape index (κ2) is 7.20. The Labute approximate surface area is 146 Å². The van der Waals surface area contributed by atoms with Crippen LogP contribution in [0.5, 0.6) is 5.75 Å². The highest BCUT2D eigenvalue weighted by Gasteiger charge is 2.06. The SMILES string of the molecule is O=C(NN=Cc1cc(Br)ccc1O)c1cc(Br)cc(Br)c1. The number of hydrogen-bond acceptors (Lipinski definition) is 3. The van der Waals surface area contributed by atoms with Crippen LogP contribution in [0.15, 0.2) is 54.9 Å². The van der Waals surface area contributed by atoms with E-state index < -0.39 is 0 Å². The summed E-state index contributed by atoms with van der Waals surface area (Å²) in [5.41, 5.74) is 3.38. The summed E-state index contributed by atoms with van der Waals surface area (Å²) in [6, 6.07) is 10.2. The molecule has 1 amide bonds. The van der Waals surface area contributed by atoms with Crippen molar-refractivity contribution in [3.05, 3.63) is 60.9 Å². The fourth-order valence-electron chi connectivity index (χ4n) is 1.54. The molecule has 0 atom stereocenters. The number of hydrogen-bond donors (Lipinski definition) is 2. The lowest BCUT2D eigenvalue weighted by molar-refractivity contribution is 0.0955. The Kier molecular flexibility index (Phi) is 5.55. The minimum Gasteiger partial charge on any atom is -0.507 e. The smallest absolute Gasteiger partial charge is 0.271 e. The molecule has 2 rings (SSSR count). The third-order valence-electron chi connectivity index (χ3n) is 2.48. The Morgan fingerprint density at radius 3 is 2.38 bits per heavy atom. The number of benzene rings is 2. The van der Waals surface area contributed by atoms with E-state index in [0.717, 1.165) is 13.4 Å². The lowest BCUT2D eigenvalue weighted by Gasteiger charge is -2.02. The fraction of sp³-hybridized carbons (Fsp3) is 0. The summed E-state index contributed by atoms with van der Waals surface area (Å²) in [4.78, 5) is 12.0. The van der Waals surface area contributed by atoms with Gasteiger partial charge >= 0.3 is 0 Å². The van der Waals surface area contributed by atoms with E-state index in [0.29, 0.717) is 11.1 Å². The van der Waals surface area contributed by atoms with Gasteiger partial charge in [0.25, 0.3) is 5.91 Å². The zero-order chi connectivity index (χ0) is 15.4. The number of phenolic OH excluding ortho intramolecular Hbond substituents is 1. The molecule has 0 aliphatic carbocycles. The third kappa shape index (κ3) is 4.66. The molecule has 0 spiro atoms. The zero-order valence-electron chi connectivity index (χ0n) is 10.5. The third-order valence-corrected chi connectivity index (χ3v) is 3.89. The van der Waals surface area contributed by atoms with E-state index in [4.69, 9.17) is 0 Å². The Morgan fingerprint density at radius 2 is 1.71 bits per heavy atom. The van der Waals surface area contributed by atoms with Crippen molar-refractivity contribution >= 4 is 59.9 Å². The van der Waals surface area contributed by atoms with Gasteiger partial charge in [0.15, 0.2) is 0 Å². The Bertz CT molecular complexity index is 697. The summed E-state index contributed by atoms with van der Waals surface area (Å²) in [5.74, 6) is -0.260. The van der Waals surface area contributed by atoms with E-state index in [9.17, 15) is 9.90 Å². The highest BCUT2D eigenvalue weighted by Crippen LogP contribution is 2.21. The first-order valence-corrected chi connectivity index (χ1v) is 8.11. The van der Waals surface area contributed by atoms with E-state index in [1.165, 1.54) is 6.21 Å². The predicted octanol–water partition coefficient (Wildman–Crippen LogP) is 4.44. The normalized spacial score (nSPS) is 10.8. The molecule has 2 aromatic rings. The average Bonchev–Trinajstić information content (AvgIpc) is 2.41. The molecule has 108 valence electrons. The second-order valence-corrected chi connectivity index (χ2v) is 6.81. The monoisotopic (exact) mass is 474 g/mol. The van der Waals surface area contributed by atoms with Crippen LogP contribution in [0.2, 0.25) is 0 Å². The molecule has 0 aliphatic rings. The fourth-order valence-corrected chi connectivity index (χ4v) is 3.21. The van der Waals surface area contributed by atoms with Crippen LogP contribution in [0, 0.1) is 0 Å². The van der Waals surface area contributed by atoms with Gasteiger partial charge in [-0.3, -0.25) is 4.79 Å². The van der Waals surface area contributed by atoms with Crippen molar-refractivity contribution in [1.82, 2.24) is 5.43 Å². The summed E-state index contributed by atoms with van der Waals surface area (Å²) in [7, 11) is 0. The van der Waals surface area contributed by atoms with Crippen LogP contribution in [0.25, 0.3) is 0 Å². The van der Waals surface area contributed by atoms with Crippen molar-refractivity contribution in [2.45, 2.75) is 0 Å². The van der Waals surface area contributed by atoms with Crippen LogP contribution in [0.3, 0.4) is 0 Å². The lowest BCUT2D eigenvalue weighted by Crippen LogP contribution is -2.17. The summed E-state index contributed by atoms with van der Waals surface area (Å²) in [5, 5.41) is 13.5. The molecule has 2 aromatic carbocycles. The predicted molar refractivity (Wildman–Crippen MR) is 92.7 cm³/mol. The molecule has 2 N–H and O–H groups in total. The van der Waals surface area contributed by atoms with Gasteiger partial charge < -0.3 is 5.11 Å². The summed E-state index contributed by atoms with van der Waals surface area (Å²) < 4.78 is 2.38. The van der Waals surface area contributed by atoms with Crippen LogP contribution in [-0.4, -0.2) is 17.2 Å². The van der Waals surface area contributed by atoms with Crippen molar-refractivity contribution in [2.24, 2.45) is 5.10 Å². The summed E-state index contributed by atoms with van der Waals surface area (Å²) in [6.07, 6.45) is 1.38. The number of phenols is 1. The topological polar surface area (TPSA) is 61.7 Å². The first-order chi connectivity index (χ1) is 9.95. The minimum absolute atomic E-state index is 0.0846. The molecular weight excluding hydrogens is 468 g/mol. The van der Waals surface area contributed by atoms with Gasteiger partial charge in [-0.2, -0.15) is 5.10 Å². The van der Waals surface area contributed by atoms with Gasteiger partial charge in [0.05, 0.1) is 6.21 Å². The molecule has 0 unspecified atom stereocenters. The molecule has 4 nitrogen and oxygen atoms in total. The highest BCUT2D eigenvalue weighted by atomic mass is 79.9. The number of nitrogens with zero attached hydrogens (tertiary/aromatic N) is 1. The van der Waals surface area contributed by atoms with Crippen molar-refractivity contribution in [3.63, 3.8) is 0 Å². The minimum atomic E-state index is -0.345. The number of amides is 1. The maximum atomic E-state index is 12.0. The van der Waals surface area contributed by atoms with Crippen LogP contribution >= 0.6 is 47.8 Å². The van der Waals surface area contributed by atoms with Crippen LogP contribution in [0.1, 0.15) is 15.9 Å². The molecular formula is C14H9Br3N2O2. The second-order valence-electron chi connectivity index (χ2n) is 4.06. The van der Waals surface area contributed by atoms with Crippen LogP contribution in [0.4, 0.5) is 0 Å². The molecule has 0 aliphatic heterocycles. The number of carbonyl (C=O) groups excluding carboxylic acids is 1. The van der Waals surface area contributed by atoms with Gasteiger partial charge in [0.2, 0.25) is 0 Å². The van der Waals surface area contributed by atoms with Gasteiger partial charge in [-0.05, 0) is 36.4 Å². The molecule has 0 aromatic heterocycles. The number of rotatable bonds is 3. The van der Waals surface area contributed by atoms with Crippen LogP contribution in [-0.2, 0) is 0 Å². The molecule has 21 heavy (non-hydrogen) atoms. The van der Waals surface area contributed by atoms with E-state index in [1.807, 2.05) is 6.07 Å². The molecule has 0 saturated heterocycles. The highest BCUT2D eigenvalue weighted by molar-refractivity contribution is 9.11. The Balaban J connectivity index is 2.10. The van der Waals surface area contributed by atoms with Crippen LogP contribution < -0.4 is 5.43 Å². The maximum Gasteiger partial charge on any atom is 0.271 e. The number of nitrogens with one attached hydrogen (secondary N) is 1. The van der Waals surface area contributed by atoms with Gasteiger partial charge in [-0.15, -0.1) is 0 Å². The zero-order valence-corrected chi connectivity index (χ0v) is 15.2. The molecule has 0 fully saturated rings. The summed E-state index contributed by atoms with van der Waals surface area (Å²) in [6.45, 7) is 0. The van der Waals surface area contributed by atoms with Crippen molar-refractivity contribution < 1.29 is 9.90 Å². The number of hydrazone groups is 1. The van der Waals surface area contributed by atoms with Gasteiger partial charge in [-0.25, -0.2) is 5.43 Å². The lowest BCUT2D eigenvalue weighted by atomic mass is 10.2. The molecule has 0 saturated carbocycles. The molecule has 0 bridgehead atoms. The largest absolute Gasteiger partial charge is 0.507 e. The van der Waals surface area contributed by atoms with E-state index in [2.05, 4.69) is 58.3 Å². The number of carbonyl (C=O) groups is 1. The molecule has 0 heterocycles. The number of halogens is 3. The van der Waals surface area contributed by atoms with Crippen molar-refractivity contribution in [2.75, 3.05) is 0 Å². The van der Waals surface area contributed by atoms with Gasteiger partial charge in [0, 0.05) is 24.5 Å². The quantitative estimate of drug-likeness (QED) is 0.508. The standard InChI is InChI=1S/C14H9Br3N2O2/c15-10-1-2-13(20)9(5-10)7-18-19-14(21)8-3-11(16)6-12(17)4-8/h1-7,20H,(H,19,21). The Morgan fingerprint density at radius 1 is 1.05 bits per heavy atom. The Hall–Kier alpha value is -1.18. The maximum absolute atomic E-state index is 12.0. The van der Waals surface area contributed by atoms with Gasteiger partial charge in [0.1, 0.15) is 5.75 Å². The van der Waals surface area contributed by atoms with E-state index in [-0.39, 0.29) is 11.7 Å². The first-order valence-electron chi connectivity index (χ1n) is 5.74. The first kappa shape index (κ1) is 16.2. The average molecular weight is 477 g/mol. The van der Waals surface area contributed by atoms with E-state index in [1.54, 1.807) is 30.3 Å². The van der Waals surface area contributed by atoms with Crippen molar-refractivity contribution in [1.29, 1.82) is 0 Å². The molecule has 7 heteroatoms. The summed E-state index contributed by atoms with van der Waals surface area (Å²) >= 11 is 9.93. The number of aromatic hydroxyl groups is 1. The van der Waals surface area contributed by atoms with E-state index >= 15 is 0 Å². The van der Waals surface area contributed by atoms with Gasteiger partial charge in [-0.1, -0.05) is 47.8 Å². The van der Waals surface area contributed by atoms with Crippen molar-refractivity contribution in [3.8, 4) is 5.75 Å².